The van der Waals surface area contributed by atoms with Crippen molar-refractivity contribution >= 4 is 21.8 Å². The highest BCUT2D eigenvalue weighted by molar-refractivity contribution is 9.10. The average Bonchev–Trinajstić information content (AvgIpc) is 2.86. The Morgan fingerprint density at radius 2 is 2.28 bits per heavy atom. The molecule has 1 aromatic rings. The van der Waals surface area contributed by atoms with Crippen LogP contribution in [-0.2, 0) is 4.74 Å². The molecule has 1 aromatic carbocycles. The second kappa shape index (κ2) is 5.02. The third-order valence-corrected chi connectivity index (χ3v) is 4.31. The van der Waals surface area contributed by atoms with Gasteiger partial charge in [0, 0.05) is 16.6 Å². The van der Waals surface area contributed by atoms with E-state index in [9.17, 15) is 4.79 Å². The summed E-state index contributed by atoms with van der Waals surface area (Å²) < 4.78 is 6.69. The van der Waals surface area contributed by atoms with Crippen molar-refractivity contribution in [1.29, 1.82) is 0 Å². The summed E-state index contributed by atoms with van der Waals surface area (Å²) in [5.74, 6) is 0.136. The third kappa shape index (κ3) is 2.19. The molecule has 18 heavy (non-hydrogen) atoms. The molecule has 2 atom stereocenters. The van der Waals surface area contributed by atoms with Gasteiger partial charge in [-0.25, -0.2) is 0 Å². The second-order valence-electron chi connectivity index (χ2n) is 4.92. The Kier molecular flexibility index (Phi) is 3.39. The summed E-state index contributed by atoms with van der Waals surface area (Å²) >= 11 is 3.42. The molecule has 1 amide bonds. The van der Waals surface area contributed by atoms with Gasteiger partial charge in [-0.1, -0.05) is 22.0 Å². The Labute approximate surface area is 115 Å². The van der Waals surface area contributed by atoms with Gasteiger partial charge in [0.25, 0.3) is 5.91 Å². The number of morpholine rings is 1. The maximum absolute atomic E-state index is 12.5. The van der Waals surface area contributed by atoms with Crippen molar-refractivity contribution < 1.29 is 9.53 Å². The number of carbonyl (C=O) groups is 1. The topological polar surface area (TPSA) is 29.5 Å². The fourth-order valence-electron chi connectivity index (χ4n) is 2.97. The van der Waals surface area contributed by atoms with Crippen LogP contribution in [0.3, 0.4) is 0 Å². The molecule has 96 valence electrons. The van der Waals surface area contributed by atoms with Gasteiger partial charge in [-0.2, -0.15) is 0 Å². The van der Waals surface area contributed by atoms with Crippen LogP contribution in [-0.4, -0.2) is 36.1 Å². The lowest BCUT2D eigenvalue weighted by molar-refractivity contribution is -0.0445. The third-order valence-electron chi connectivity index (χ3n) is 3.81. The van der Waals surface area contributed by atoms with E-state index in [1.165, 1.54) is 0 Å². The van der Waals surface area contributed by atoms with E-state index in [4.69, 9.17) is 4.74 Å². The molecule has 0 radical (unpaired) electrons. The van der Waals surface area contributed by atoms with Crippen LogP contribution in [0, 0.1) is 0 Å². The molecule has 0 N–H and O–H groups in total. The van der Waals surface area contributed by atoms with E-state index in [0.717, 1.165) is 29.3 Å². The highest BCUT2D eigenvalue weighted by atomic mass is 79.9. The first kappa shape index (κ1) is 12.2. The molecule has 4 heteroatoms. The average molecular weight is 310 g/mol. The normalized spacial score (nSPS) is 27.1. The van der Waals surface area contributed by atoms with Gasteiger partial charge in [0.05, 0.1) is 18.8 Å². The molecule has 3 nitrogen and oxygen atoms in total. The van der Waals surface area contributed by atoms with Gasteiger partial charge < -0.3 is 9.64 Å². The fraction of sp³-hybridized carbons (Fsp3) is 0.500. The van der Waals surface area contributed by atoms with Crippen LogP contribution in [0.1, 0.15) is 29.6 Å². The number of amides is 1. The standard InChI is InChI=1S/C14H16BrNO2/c15-11-4-1-3-10(9-11)14(17)16-7-8-18-13-6-2-5-12(13)16/h1,3-4,9,12-13H,2,5-8H2. The highest BCUT2D eigenvalue weighted by Gasteiger charge is 2.38. The predicted molar refractivity (Wildman–Crippen MR) is 72.6 cm³/mol. The van der Waals surface area contributed by atoms with Gasteiger partial charge in [0.15, 0.2) is 0 Å². The van der Waals surface area contributed by atoms with Gasteiger partial charge in [-0.3, -0.25) is 4.79 Å². The van der Waals surface area contributed by atoms with E-state index in [0.29, 0.717) is 13.2 Å². The molecule has 0 spiro atoms. The molecule has 0 bridgehead atoms. The van der Waals surface area contributed by atoms with Crippen LogP contribution in [0.2, 0.25) is 0 Å². The predicted octanol–water partition coefficient (Wildman–Crippen LogP) is 2.84. The first-order valence-electron chi connectivity index (χ1n) is 6.44. The van der Waals surface area contributed by atoms with E-state index >= 15 is 0 Å². The minimum absolute atomic E-state index is 0.136. The molecule has 3 rings (SSSR count). The van der Waals surface area contributed by atoms with Crippen molar-refractivity contribution in [2.24, 2.45) is 0 Å². The highest BCUT2D eigenvalue weighted by Crippen LogP contribution is 2.30. The smallest absolute Gasteiger partial charge is 0.254 e. The minimum atomic E-state index is 0.136. The summed E-state index contributed by atoms with van der Waals surface area (Å²) in [5, 5.41) is 0. The monoisotopic (exact) mass is 309 g/mol. The minimum Gasteiger partial charge on any atom is -0.374 e. The molecule has 1 saturated heterocycles. The van der Waals surface area contributed by atoms with Crippen LogP contribution in [0.25, 0.3) is 0 Å². The number of hydrogen-bond acceptors (Lipinski definition) is 2. The van der Waals surface area contributed by atoms with Crippen LogP contribution in [0.15, 0.2) is 28.7 Å². The summed E-state index contributed by atoms with van der Waals surface area (Å²) in [5.41, 5.74) is 0.761. The molecule has 1 heterocycles. The van der Waals surface area contributed by atoms with Gasteiger partial charge in [-0.15, -0.1) is 0 Å². The van der Waals surface area contributed by atoms with E-state index in [1.807, 2.05) is 29.2 Å². The molecule has 1 aliphatic heterocycles. The molecular weight excluding hydrogens is 294 g/mol. The van der Waals surface area contributed by atoms with Crippen molar-refractivity contribution in [2.75, 3.05) is 13.2 Å². The molecule has 0 aromatic heterocycles. The van der Waals surface area contributed by atoms with Gasteiger partial charge in [0.1, 0.15) is 0 Å². The molecule has 1 aliphatic carbocycles. The lowest BCUT2D eigenvalue weighted by Crippen LogP contribution is -2.51. The summed E-state index contributed by atoms with van der Waals surface area (Å²) in [6, 6.07) is 7.90. The van der Waals surface area contributed by atoms with Gasteiger partial charge >= 0.3 is 0 Å². The zero-order chi connectivity index (χ0) is 12.5. The number of halogens is 1. The number of benzene rings is 1. The maximum Gasteiger partial charge on any atom is 0.254 e. The largest absolute Gasteiger partial charge is 0.374 e. The van der Waals surface area contributed by atoms with E-state index < -0.39 is 0 Å². The molecule has 1 saturated carbocycles. The van der Waals surface area contributed by atoms with Gasteiger partial charge in [-0.05, 0) is 37.5 Å². The van der Waals surface area contributed by atoms with E-state index in [-0.39, 0.29) is 18.1 Å². The molecular formula is C14H16BrNO2. The van der Waals surface area contributed by atoms with Crippen LogP contribution >= 0.6 is 15.9 Å². The van der Waals surface area contributed by atoms with Crippen molar-refractivity contribution in [3.63, 3.8) is 0 Å². The summed E-state index contributed by atoms with van der Waals surface area (Å²) in [4.78, 5) is 14.5. The molecule has 2 unspecified atom stereocenters. The summed E-state index contributed by atoms with van der Waals surface area (Å²) in [6.07, 6.45) is 3.59. The number of rotatable bonds is 1. The second-order valence-corrected chi connectivity index (χ2v) is 5.83. The summed E-state index contributed by atoms with van der Waals surface area (Å²) in [7, 11) is 0. The Hall–Kier alpha value is -0.870. The number of nitrogens with zero attached hydrogens (tertiary/aromatic N) is 1. The Bertz CT molecular complexity index is 463. The fourth-order valence-corrected chi connectivity index (χ4v) is 3.36. The number of hydrogen-bond donors (Lipinski definition) is 0. The van der Waals surface area contributed by atoms with Crippen LogP contribution in [0.4, 0.5) is 0 Å². The Morgan fingerprint density at radius 1 is 1.39 bits per heavy atom. The number of carbonyl (C=O) groups excluding carboxylic acids is 1. The van der Waals surface area contributed by atoms with Crippen molar-refractivity contribution in [1.82, 2.24) is 4.90 Å². The lowest BCUT2D eigenvalue weighted by atomic mass is 10.1. The van der Waals surface area contributed by atoms with E-state index in [1.54, 1.807) is 0 Å². The summed E-state index contributed by atoms with van der Waals surface area (Å²) in [6.45, 7) is 1.38. The molecule has 2 fully saturated rings. The quantitative estimate of drug-likeness (QED) is 0.798. The van der Waals surface area contributed by atoms with Crippen LogP contribution < -0.4 is 0 Å². The lowest BCUT2D eigenvalue weighted by Gasteiger charge is -2.37. The molecule has 2 aliphatic rings. The Morgan fingerprint density at radius 3 is 3.11 bits per heavy atom. The van der Waals surface area contributed by atoms with E-state index in [2.05, 4.69) is 15.9 Å². The number of ether oxygens (including phenoxy) is 1. The van der Waals surface area contributed by atoms with Crippen molar-refractivity contribution in [3.8, 4) is 0 Å². The van der Waals surface area contributed by atoms with Gasteiger partial charge in [0.2, 0.25) is 0 Å². The first-order valence-corrected chi connectivity index (χ1v) is 7.23. The zero-order valence-corrected chi connectivity index (χ0v) is 11.7. The van der Waals surface area contributed by atoms with Crippen molar-refractivity contribution in [3.05, 3.63) is 34.3 Å². The SMILES string of the molecule is O=C(c1cccc(Br)c1)N1CCOC2CCCC21. The maximum atomic E-state index is 12.5. The zero-order valence-electron chi connectivity index (χ0n) is 10.1. The first-order chi connectivity index (χ1) is 8.75. The Balaban J connectivity index is 1.83. The van der Waals surface area contributed by atoms with Crippen molar-refractivity contribution in [2.45, 2.75) is 31.4 Å². The van der Waals surface area contributed by atoms with Crippen LogP contribution in [0.5, 0.6) is 0 Å². The number of fused-ring (bicyclic) bond motifs is 1.